The van der Waals surface area contributed by atoms with Crippen molar-refractivity contribution in [2.45, 2.75) is 52.4 Å². The van der Waals surface area contributed by atoms with Crippen LogP contribution in [0.3, 0.4) is 0 Å². The van der Waals surface area contributed by atoms with Gasteiger partial charge in [0.25, 0.3) is 0 Å². The summed E-state index contributed by atoms with van der Waals surface area (Å²) in [6, 6.07) is 6.69. The Hall–Kier alpha value is -0.980. The molecule has 0 bridgehead atoms. The fourth-order valence-electron chi connectivity index (χ4n) is 4.47. The van der Waals surface area contributed by atoms with E-state index in [-0.39, 0.29) is 0 Å². The Balaban J connectivity index is 1.91. The second kappa shape index (κ2) is 4.85. The highest BCUT2D eigenvalue weighted by atomic mass is 16.5. The topological polar surface area (TPSA) is 9.23 Å². The maximum absolute atomic E-state index is 5.40. The highest BCUT2D eigenvalue weighted by Gasteiger charge is 2.39. The predicted molar refractivity (Wildman–Crippen MR) is 79.6 cm³/mol. The van der Waals surface area contributed by atoms with Gasteiger partial charge in [-0.25, -0.2) is 0 Å². The minimum absolute atomic E-state index is 0.537. The van der Waals surface area contributed by atoms with Crippen molar-refractivity contribution in [3.8, 4) is 5.75 Å². The molecule has 1 saturated carbocycles. The van der Waals surface area contributed by atoms with Gasteiger partial charge in [0.05, 0.1) is 7.11 Å². The van der Waals surface area contributed by atoms with Gasteiger partial charge in [0.15, 0.2) is 0 Å². The summed E-state index contributed by atoms with van der Waals surface area (Å²) in [6.07, 6.45) is 8.13. The van der Waals surface area contributed by atoms with Gasteiger partial charge in [0, 0.05) is 0 Å². The second-order valence-corrected chi connectivity index (χ2v) is 7.12. The SMILES string of the molecule is COc1ccc2c(c1)C[C@H]1CCCC(C)(C)[C@H]1CC2. The van der Waals surface area contributed by atoms with Gasteiger partial charge < -0.3 is 4.74 Å². The second-order valence-electron chi connectivity index (χ2n) is 7.12. The summed E-state index contributed by atoms with van der Waals surface area (Å²) >= 11 is 0. The van der Waals surface area contributed by atoms with E-state index < -0.39 is 0 Å². The Kier molecular flexibility index (Phi) is 3.32. The lowest BCUT2D eigenvalue weighted by Gasteiger charge is -2.43. The smallest absolute Gasteiger partial charge is 0.119 e. The molecule has 1 aromatic carbocycles. The van der Waals surface area contributed by atoms with Gasteiger partial charge >= 0.3 is 0 Å². The molecular formula is C18H26O. The van der Waals surface area contributed by atoms with Crippen molar-refractivity contribution in [2.75, 3.05) is 7.11 Å². The first-order valence-electron chi connectivity index (χ1n) is 7.76. The number of methoxy groups -OCH3 is 1. The van der Waals surface area contributed by atoms with E-state index in [1.54, 1.807) is 18.2 Å². The van der Waals surface area contributed by atoms with Crippen LogP contribution in [0, 0.1) is 17.3 Å². The van der Waals surface area contributed by atoms with Crippen LogP contribution in [-0.2, 0) is 12.8 Å². The lowest BCUT2D eigenvalue weighted by molar-refractivity contribution is 0.0705. The average molecular weight is 258 g/mol. The Morgan fingerprint density at radius 2 is 2.00 bits per heavy atom. The van der Waals surface area contributed by atoms with Crippen LogP contribution in [0.25, 0.3) is 0 Å². The maximum Gasteiger partial charge on any atom is 0.119 e. The zero-order chi connectivity index (χ0) is 13.5. The number of fused-ring (bicyclic) bond motifs is 2. The molecule has 0 heterocycles. The predicted octanol–water partition coefficient (Wildman–Crippen LogP) is 4.63. The minimum Gasteiger partial charge on any atom is -0.497 e. The van der Waals surface area contributed by atoms with E-state index in [4.69, 9.17) is 4.74 Å². The summed E-state index contributed by atoms with van der Waals surface area (Å²) in [5.41, 5.74) is 3.64. The maximum atomic E-state index is 5.40. The first-order chi connectivity index (χ1) is 9.10. The van der Waals surface area contributed by atoms with Crippen molar-refractivity contribution in [2.24, 2.45) is 17.3 Å². The van der Waals surface area contributed by atoms with Crippen LogP contribution in [0.5, 0.6) is 5.75 Å². The fraction of sp³-hybridized carbons (Fsp3) is 0.667. The van der Waals surface area contributed by atoms with E-state index in [2.05, 4.69) is 32.0 Å². The molecular weight excluding hydrogens is 232 g/mol. The molecule has 0 spiro atoms. The molecule has 1 fully saturated rings. The van der Waals surface area contributed by atoms with Crippen molar-refractivity contribution < 1.29 is 4.74 Å². The number of benzene rings is 1. The Morgan fingerprint density at radius 1 is 1.16 bits per heavy atom. The highest BCUT2D eigenvalue weighted by molar-refractivity contribution is 5.37. The van der Waals surface area contributed by atoms with E-state index in [1.165, 1.54) is 38.5 Å². The van der Waals surface area contributed by atoms with E-state index >= 15 is 0 Å². The van der Waals surface area contributed by atoms with Crippen molar-refractivity contribution in [1.82, 2.24) is 0 Å². The molecule has 2 atom stereocenters. The first kappa shape index (κ1) is 13.0. The van der Waals surface area contributed by atoms with Gasteiger partial charge in [0.1, 0.15) is 5.75 Å². The molecule has 0 aliphatic heterocycles. The van der Waals surface area contributed by atoms with Crippen LogP contribution in [0.2, 0.25) is 0 Å². The zero-order valence-corrected chi connectivity index (χ0v) is 12.5. The van der Waals surface area contributed by atoms with E-state index in [9.17, 15) is 0 Å². The molecule has 104 valence electrons. The number of rotatable bonds is 1. The Morgan fingerprint density at radius 3 is 2.79 bits per heavy atom. The summed E-state index contributed by atoms with van der Waals surface area (Å²) in [6.45, 7) is 4.97. The molecule has 3 rings (SSSR count). The molecule has 1 heteroatoms. The zero-order valence-electron chi connectivity index (χ0n) is 12.5. The molecule has 0 N–H and O–H groups in total. The van der Waals surface area contributed by atoms with E-state index in [0.29, 0.717) is 5.41 Å². The fourth-order valence-corrected chi connectivity index (χ4v) is 4.47. The van der Waals surface area contributed by atoms with Crippen molar-refractivity contribution in [3.05, 3.63) is 29.3 Å². The molecule has 0 radical (unpaired) electrons. The molecule has 2 aliphatic carbocycles. The standard InChI is InChI=1S/C18H26O/c1-18(2)10-4-5-14-11-15-12-16(19-3)8-6-13(15)7-9-17(14)18/h6,8,12,14,17H,4-5,7,9-11H2,1-3H3/t14-,17+/m1/s1. The van der Waals surface area contributed by atoms with Crippen LogP contribution in [-0.4, -0.2) is 7.11 Å². The van der Waals surface area contributed by atoms with Gasteiger partial charge in [-0.15, -0.1) is 0 Å². The molecule has 0 unspecified atom stereocenters. The van der Waals surface area contributed by atoms with Crippen LogP contribution in [0.1, 0.15) is 50.7 Å². The van der Waals surface area contributed by atoms with Crippen molar-refractivity contribution >= 4 is 0 Å². The van der Waals surface area contributed by atoms with Crippen molar-refractivity contribution in [1.29, 1.82) is 0 Å². The number of hydrogen-bond donors (Lipinski definition) is 0. The number of ether oxygens (including phenoxy) is 1. The first-order valence-corrected chi connectivity index (χ1v) is 7.76. The Labute approximate surface area is 117 Å². The molecule has 0 amide bonds. The normalized spacial score (nSPS) is 29.0. The number of aryl methyl sites for hydroxylation is 1. The third-order valence-corrected chi connectivity index (χ3v) is 5.59. The summed E-state index contributed by atoms with van der Waals surface area (Å²) in [7, 11) is 1.77. The molecule has 19 heavy (non-hydrogen) atoms. The highest BCUT2D eigenvalue weighted by Crippen LogP contribution is 2.49. The third kappa shape index (κ3) is 2.40. The van der Waals surface area contributed by atoms with E-state index in [0.717, 1.165) is 17.6 Å². The molecule has 0 saturated heterocycles. The molecule has 1 nitrogen and oxygen atoms in total. The third-order valence-electron chi connectivity index (χ3n) is 5.59. The molecule has 2 aliphatic rings. The van der Waals surface area contributed by atoms with Gasteiger partial charge in [0.2, 0.25) is 0 Å². The van der Waals surface area contributed by atoms with Crippen LogP contribution < -0.4 is 4.74 Å². The van der Waals surface area contributed by atoms with Crippen LogP contribution >= 0.6 is 0 Å². The average Bonchev–Trinajstić information content (AvgIpc) is 2.57. The van der Waals surface area contributed by atoms with Crippen LogP contribution in [0.15, 0.2) is 18.2 Å². The van der Waals surface area contributed by atoms with Gasteiger partial charge in [-0.05, 0) is 72.6 Å². The van der Waals surface area contributed by atoms with Crippen LogP contribution in [0.4, 0.5) is 0 Å². The van der Waals surface area contributed by atoms with Gasteiger partial charge in [-0.3, -0.25) is 0 Å². The summed E-state index contributed by atoms with van der Waals surface area (Å²) < 4.78 is 5.40. The van der Waals surface area contributed by atoms with Gasteiger partial charge in [-0.2, -0.15) is 0 Å². The lowest BCUT2D eigenvalue weighted by Crippen LogP contribution is -2.35. The lowest BCUT2D eigenvalue weighted by atomic mass is 9.62. The summed E-state index contributed by atoms with van der Waals surface area (Å²) in [4.78, 5) is 0. The molecule has 1 aromatic rings. The Bertz CT molecular complexity index is 461. The number of hydrogen-bond acceptors (Lipinski definition) is 1. The quantitative estimate of drug-likeness (QED) is 0.714. The monoisotopic (exact) mass is 258 g/mol. The van der Waals surface area contributed by atoms with E-state index in [1.807, 2.05) is 0 Å². The molecule has 0 aromatic heterocycles. The summed E-state index contributed by atoms with van der Waals surface area (Å²) in [5.74, 6) is 2.81. The minimum atomic E-state index is 0.537. The summed E-state index contributed by atoms with van der Waals surface area (Å²) in [5, 5.41) is 0. The van der Waals surface area contributed by atoms with Crippen molar-refractivity contribution in [3.63, 3.8) is 0 Å². The van der Waals surface area contributed by atoms with Gasteiger partial charge in [-0.1, -0.05) is 26.3 Å². The largest absolute Gasteiger partial charge is 0.497 e.